The fraction of sp³-hybridized carbons (Fsp3) is 0.583. The van der Waals surface area contributed by atoms with Gasteiger partial charge in [-0.2, -0.15) is 0 Å². The van der Waals surface area contributed by atoms with E-state index in [-0.39, 0.29) is 0 Å². The second-order valence-electron chi connectivity index (χ2n) is 4.41. The summed E-state index contributed by atoms with van der Waals surface area (Å²) in [5.74, 6) is 0. The molecule has 0 bridgehead atoms. The fourth-order valence-corrected chi connectivity index (χ4v) is 2.41. The zero-order valence-corrected chi connectivity index (χ0v) is 10.4. The molecule has 16 heavy (non-hydrogen) atoms. The highest BCUT2D eigenvalue weighted by atomic mass is 35.5. The summed E-state index contributed by atoms with van der Waals surface area (Å²) in [4.78, 5) is 4.05. The second-order valence-corrected chi connectivity index (χ2v) is 4.77. The number of hydrogen-bond donors (Lipinski definition) is 1. The molecule has 1 saturated heterocycles. The van der Waals surface area contributed by atoms with E-state index >= 15 is 0 Å². The Labute approximate surface area is 101 Å². The Bertz CT molecular complexity index is 349. The van der Waals surface area contributed by atoms with Gasteiger partial charge in [0.25, 0.3) is 0 Å². The third-order valence-electron chi connectivity index (χ3n) is 2.82. The molecule has 1 aliphatic heterocycles. The van der Waals surface area contributed by atoms with Crippen molar-refractivity contribution < 1.29 is 4.74 Å². The molecule has 88 valence electrons. The predicted molar refractivity (Wildman–Crippen MR) is 65.9 cm³/mol. The summed E-state index contributed by atoms with van der Waals surface area (Å²) < 4.78 is 5.70. The molecule has 1 aromatic rings. The first-order valence-corrected chi connectivity index (χ1v) is 6.05. The zero-order valence-electron chi connectivity index (χ0n) is 9.61. The molecule has 0 radical (unpaired) electrons. The molecule has 1 aromatic heterocycles. The van der Waals surface area contributed by atoms with Crippen LogP contribution >= 0.6 is 11.6 Å². The van der Waals surface area contributed by atoms with Crippen LogP contribution in [0.4, 0.5) is 5.69 Å². The van der Waals surface area contributed by atoms with Crippen LogP contribution in [0.2, 0.25) is 5.15 Å². The van der Waals surface area contributed by atoms with Crippen molar-refractivity contribution in [1.29, 1.82) is 0 Å². The van der Waals surface area contributed by atoms with Crippen LogP contribution in [-0.2, 0) is 4.74 Å². The minimum atomic E-state index is 0.302. The maximum absolute atomic E-state index is 6.01. The smallest absolute Gasteiger partial charge is 0.152 e. The summed E-state index contributed by atoms with van der Waals surface area (Å²) in [6, 6.07) is 4.26. The van der Waals surface area contributed by atoms with E-state index < -0.39 is 0 Å². The van der Waals surface area contributed by atoms with E-state index in [1.807, 2.05) is 12.1 Å². The van der Waals surface area contributed by atoms with Crippen LogP contribution in [0.5, 0.6) is 0 Å². The minimum absolute atomic E-state index is 0.302. The summed E-state index contributed by atoms with van der Waals surface area (Å²) in [5, 5.41) is 3.97. The van der Waals surface area contributed by atoms with Crippen LogP contribution in [0.3, 0.4) is 0 Å². The lowest BCUT2D eigenvalue weighted by Gasteiger charge is -2.33. The summed E-state index contributed by atoms with van der Waals surface area (Å²) >= 11 is 6.01. The normalized spacial score (nSPS) is 30.1. The number of nitrogens with one attached hydrogen (secondary N) is 1. The Morgan fingerprint density at radius 3 is 2.69 bits per heavy atom. The van der Waals surface area contributed by atoms with Gasteiger partial charge in [-0.15, -0.1) is 0 Å². The van der Waals surface area contributed by atoms with E-state index in [2.05, 4.69) is 24.1 Å². The average molecular weight is 241 g/mol. The van der Waals surface area contributed by atoms with Gasteiger partial charge in [-0.1, -0.05) is 11.6 Å². The maximum Gasteiger partial charge on any atom is 0.152 e. The predicted octanol–water partition coefficient (Wildman–Crippen LogP) is 3.10. The van der Waals surface area contributed by atoms with Gasteiger partial charge in [0.1, 0.15) is 0 Å². The monoisotopic (exact) mass is 240 g/mol. The van der Waals surface area contributed by atoms with Gasteiger partial charge in [-0.05, 0) is 38.8 Å². The number of pyridine rings is 1. The lowest BCUT2D eigenvalue weighted by atomic mass is 10.00. The number of anilines is 1. The summed E-state index contributed by atoms with van der Waals surface area (Å²) in [6.45, 7) is 4.21. The highest BCUT2D eigenvalue weighted by Crippen LogP contribution is 2.25. The van der Waals surface area contributed by atoms with Crippen molar-refractivity contribution >= 4 is 17.3 Å². The molecule has 1 fully saturated rings. The average Bonchev–Trinajstić information content (AvgIpc) is 2.20. The molecule has 2 atom stereocenters. The van der Waals surface area contributed by atoms with E-state index in [1.54, 1.807) is 6.20 Å². The van der Waals surface area contributed by atoms with Crippen molar-refractivity contribution in [1.82, 2.24) is 4.98 Å². The summed E-state index contributed by atoms with van der Waals surface area (Å²) in [5.41, 5.74) is 0.912. The van der Waals surface area contributed by atoms with Crippen molar-refractivity contribution in [3.05, 3.63) is 23.5 Å². The molecule has 0 amide bonds. The molecule has 1 aliphatic rings. The van der Waals surface area contributed by atoms with Gasteiger partial charge in [-0.3, -0.25) is 0 Å². The van der Waals surface area contributed by atoms with Crippen molar-refractivity contribution in [2.45, 2.75) is 44.9 Å². The molecule has 0 spiro atoms. The molecule has 2 unspecified atom stereocenters. The Morgan fingerprint density at radius 1 is 1.38 bits per heavy atom. The van der Waals surface area contributed by atoms with Crippen molar-refractivity contribution in [2.24, 2.45) is 0 Å². The number of ether oxygens (including phenoxy) is 1. The van der Waals surface area contributed by atoms with Crippen molar-refractivity contribution in [3.63, 3.8) is 0 Å². The Kier molecular flexibility index (Phi) is 3.66. The van der Waals surface area contributed by atoms with Gasteiger partial charge < -0.3 is 10.1 Å². The quantitative estimate of drug-likeness (QED) is 0.807. The molecular formula is C12H17ClN2O. The standard InChI is InChI=1S/C12H17ClN2O/c1-8-6-10(7-9(2)16-8)15-11-4-3-5-14-12(11)13/h3-5,8-10,15H,6-7H2,1-2H3. The highest BCUT2D eigenvalue weighted by molar-refractivity contribution is 6.31. The molecule has 0 saturated carbocycles. The van der Waals surface area contributed by atoms with Crippen LogP contribution in [0.15, 0.2) is 18.3 Å². The number of hydrogen-bond acceptors (Lipinski definition) is 3. The molecule has 4 heteroatoms. The van der Waals surface area contributed by atoms with Gasteiger partial charge in [0, 0.05) is 12.2 Å². The maximum atomic E-state index is 6.01. The third-order valence-corrected chi connectivity index (χ3v) is 3.12. The van der Waals surface area contributed by atoms with Gasteiger partial charge in [-0.25, -0.2) is 4.98 Å². The van der Waals surface area contributed by atoms with Gasteiger partial charge in [0.05, 0.1) is 17.9 Å². The van der Waals surface area contributed by atoms with Crippen molar-refractivity contribution in [2.75, 3.05) is 5.32 Å². The van der Waals surface area contributed by atoms with Crippen molar-refractivity contribution in [3.8, 4) is 0 Å². The largest absolute Gasteiger partial charge is 0.380 e. The van der Waals surface area contributed by atoms with Gasteiger partial charge >= 0.3 is 0 Å². The number of halogens is 1. The first-order valence-electron chi connectivity index (χ1n) is 5.67. The molecular weight excluding hydrogens is 224 g/mol. The molecule has 3 nitrogen and oxygen atoms in total. The number of rotatable bonds is 2. The van der Waals surface area contributed by atoms with Gasteiger partial charge in [0.15, 0.2) is 5.15 Å². The SMILES string of the molecule is CC1CC(Nc2cccnc2Cl)CC(C)O1. The van der Waals surface area contributed by atoms with E-state index in [4.69, 9.17) is 16.3 Å². The third kappa shape index (κ3) is 2.86. The molecule has 0 aromatic carbocycles. The second kappa shape index (κ2) is 5.02. The topological polar surface area (TPSA) is 34.2 Å². The van der Waals surface area contributed by atoms with E-state index in [0.29, 0.717) is 23.4 Å². The first-order chi connectivity index (χ1) is 7.65. The zero-order chi connectivity index (χ0) is 11.5. The van der Waals surface area contributed by atoms with Crippen LogP contribution in [0, 0.1) is 0 Å². The molecule has 2 heterocycles. The molecule has 0 aliphatic carbocycles. The molecule has 2 rings (SSSR count). The Balaban J connectivity index is 2.02. The lowest BCUT2D eigenvalue weighted by molar-refractivity contribution is -0.0337. The molecule has 1 N–H and O–H groups in total. The van der Waals surface area contributed by atoms with Crippen LogP contribution in [-0.4, -0.2) is 23.2 Å². The van der Waals surface area contributed by atoms with Crippen LogP contribution in [0.25, 0.3) is 0 Å². The van der Waals surface area contributed by atoms with E-state index in [0.717, 1.165) is 18.5 Å². The number of nitrogens with zero attached hydrogens (tertiary/aromatic N) is 1. The van der Waals surface area contributed by atoms with E-state index in [9.17, 15) is 0 Å². The lowest BCUT2D eigenvalue weighted by Crippen LogP contribution is -2.36. The highest BCUT2D eigenvalue weighted by Gasteiger charge is 2.24. The minimum Gasteiger partial charge on any atom is -0.380 e. The first kappa shape index (κ1) is 11.7. The van der Waals surface area contributed by atoms with Gasteiger partial charge in [0.2, 0.25) is 0 Å². The summed E-state index contributed by atoms with van der Waals surface area (Å²) in [7, 11) is 0. The number of aromatic nitrogens is 1. The Morgan fingerprint density at radius 2 is 2.06 bits per heavy atom. The van der Waals surface area contributed by atoms with E-state index in [1.165, 1.54) is 0 Å². The fourth-order valence-electron chi connectivity index (χ4n) is 2.24. The van der Waals surface area contributed by atoms with Crippen LogP contribution in [0.1, 0.15) is 26.7 Å². The Hall–Kier alpha value is -0.800. The van der Waals surface area contributed by atoms with Crippen LogP contribution < -0.4 is 5.32 Å². The summed E-state index contributed by atoms with van der Waals surface area (Å²) in [6.07, 6.45) is 4.32.